The lowest BCUT2D eigenvalue weighted by atomic mass is 9.95. The molecule has 0 saturated carbocycles. The number of amidine groups is 1. The van der Waals surface area contributed by atoms with E-state index in [0.29, 0.717) is 66.3 Å². The van der Waals surface area contributed by atoms with E-state index in [9.17, 15) is 9.59 Å². The van der Waals surface area contributed by atoms with Crippen LogP contribution in [0.2, 0.25) is 5.02 Å². The summed E-state index contributed by atoms with van der Waals surface area (Å²) in [5.41, 5.74) is 7.79. The standard InChI is InChI=1S/C45H51ClFN5O2S/c1-9-43(48)52(31(4)5)45-44(32(6)35-16-19-37(46)20-17-35)33(7)42(55-45)23-15-34-25-49-51(26-34)24-12-10-11-13-39-40(36(28-53)18-22-41(39)47)27-50(8)38(29-54)21-14-30(2)3/h16-20,22,25-26,28-29,38,48H,2,4,6,9-14,21,24,27H2,1,3,5,7-8H3. The van der Waals surface area contributed by atoms with Crippen LogP contribution in [-0.2, 0) is 24.3 Å². The molecule has 4 aromatic rings. The number of halogens is 2. The van der Waals surface area contributed by atoms with E-state index in [1.165, 1.54) is 23.5 Å². The average molecular weight is 780 g/mol. The molecule has 0 aliphatic heterocycles. The number of likely N-dealkylation sites (N-methyl/N-ethyl adjacent to an activating group) is 1. The van der Waals surface area contributed by atoms with Crippen molar-refractivity contribution >= 4 is 51.9 Å². The highest BCUT2D eigenvalue weighted by Crippen LogP contribution is 2.43. The van der Waals surface area contributed by atoms with E-state index in [-0.39, 0.29) is 11.9 Å². The van der Waals surface area contributed by atoms with Crippen molar-refractivity contribution < 1.29 is 14.0 Å². The van der Waals surface area contributed by atoms with Gasteiger partial charge in [-0.25, -0.2) is 4.39 Å². The third-order valence-corrected chi connectivity index (χ3v) is 11.1. The van der Waals surface area contributed by atoms with E-state index in [1.807, 2.05) is 79.7 Å². The predicted molar refractivity (Wildman–Crippen MR) is 227 cm³/mol. The van der Waals surface area contributed by atoms with Crippen LogP contribution in [0.25, 0.3) is 5.57 Å². The van der Waals surface area contributed by atoms with Crippen LogP contribution in [-0.4, -0.2) is 46.2 Å². The fourth-order valence-electron chi connectivity index (χ4n) is 6.45. The van der Waals surface area contributed by atoms with Gasteiger partial charge in [-0.2, -0.15) is 5.10 Å². The van der Waals surface area contributed by atoms with Crippen molar-refractivity contribution in [2.24, 2.45) is 0 Å². The summed E-state index contributed by atoms with van der Waals surface area (Å²) in [7, 11) is 1.83. The topological polar surface area (TPSA) is 82.3 Å². The van der Waals surface area contributed by atoms with E-state index in [2.05, 4.69) is 36.7 Å². The third-order valence-electron chi connectivity index (χ3n) is 9.61. The number of carbonyl (C=O) groups is 2. The van der Waals surface area contributed by atoms with Gasteiger partial charge in [0, 0.05) is 47.6 Å². The molecule has 10 heteroatoms. The van der Waals surface area contributed by atoms with Gasteiger partial charge < -0.3 is 4.79 Å². The molecule has 0 aliphatic carbocycles. The molecule has 0 bridgehead atoms. The Kier molecular flexibility index (Phi) is 15.7. The quantitative estimate of drug-likeness (QED) is 0.0256. The van der Waals surface area contributed by atoms with Gasteiger partial charge in [-0.3, -0.25) is 24.7 Å². The first kappa shape index (κ1) is 42.9. The van der Waals surface area contributed by atoms with Crippen molar-refractivity contribution in [2.75, 3.05) is 11.9 Å². The lowest BCUT2D eigenvalue weighted by molar-refractivity contribution is -0.112. The van der Waals surface area contributed by atoms with Gasteiger partial charge in [0.2, 0.25) is 0 Å². The number of unbranched alkanes of at least 4 members (excludes halogenated alkanes) is 2. The SMILES string of the molecule is C=C(C)CCC(C=O)N(C)Cc1c(C=O)ccc(F)c1CCCCCn1cc(C#Cc2sc(N(C(=C)C)C(=N)CC)c(C(=C)c3ccc(Cl)cc3)c2C)cn1. The number of thiophene rings is 1. The van der Waals surface area contributed by atoms with Gasteiger partial charge in [0.25, 0.3) is 0 Å². The molecule has 1 atom stereocenters. The van der Waals surface area contributed by atoms with E-state index < -0.39 is 0 Å². The fraction of sp³-hybridized carbons (Fsp3) is 0.333. The minimum absolute atomic E-state index is 0.303. The maximum Gasteiger partial charge on any atom is 0.150 e. The van der Waals surface area contributed by atoms with Crippen molar-refractivity contribution in [2.45, 2.75) is 91.8 Å². The Morgan fingerprint density at radius 1 is 1.07 bits per heavy atom. The normalized spacial score (nSPS) is 11.5. The van der Waals surface area contributed by atoms with Crippen molar-refractivity contribution in [3.05, 3.63) is 134 Å². The molecule has 288 valence electrons. The van der Waals surface area contributed by atoms with Gasteiger partial charge in [-0.1, -0.05) is 67.7 Å². The summed E-state index contributed by atoms with van der Waals surface area (Å²) in [5, 5.41) is 14.8. The molecule has 0 fully saturated rings. The first-order valence-electron chi connectivity index (χ1n) is 18.5. The summed E-state index contributed by atoms with van der Waals surface area (Å²) in [6.45, 7) is 21.3. The van der Waals surface area contributed by atoms with Gasteiger partial charge in [0.1, 0.15) is 29.2 Å². The monoisotopic (exact) mass is 779 g/mol. The van der Waals surface area contributed by atoms with Crippen LogP contribution in [0.15, 0.2) is 79.8 Å². The molecule has 2 aromatic heterocycles. The van der Waals surface area contributed by atoms with Gasteiger partial charge in [0.15, 0.2) is 0 Å². The number of aryl methyl sites for hydroxylation is 1. The number of carbonyl (C=O) groups excluding carboxylic acids is 2. The largest absolute Gasteiger partial charge is 0.302 e. The van der Waals surface area contributed by atoms with E-state index in [1.54, 1.807) is 6.20 Å². The lowest BCUT2D eigenvalue weighted by Gasteiger charge is -2.26. The molecule has 1 unspecified atom stereocenters. The summed E-state index contributed by atoms with van der Waals surface area (Å²) < 4.78 is 17.0. The second-order valence-electron chi connectivity index (χ2n) is 14.0. The van der Waals surface area contributed by atoms with Gasteiger partial charge >= 0.3 is 0 Å². The molecule has 0 radical (unpaired) electrons. The number of nitrogens with zero attached hydrogens (tertiary/aromatic N) is 4. The van der Waals surface area contributed by atoms with Crippen LogP contribution in [0.4, 0.5) is 9.39 Å². The number of aldehydes is 2. The van der Waals surface area contributed by atoms with E-state index in [0.717, 1.165) is 80.8 Å². The maximum absolute atomic E-state index is 15.2. The Bertz CT molecular complexity index is 2120. The second kappa shape index (κ2) is 20.2. The number of rotatable bonds is 19. The molecule has 7 nitrogen and oxygen atoms in total. The third kappa shape index (κ3) is 11.1. The highest BCUT2D eigenvalue weighted by Gasteiger charge is 2.25. The van der Waals surface area contributed by atoms with Crippen LogP contribution in [0.1, 0.15) is 108 Å². The average Bonchev–Trinajstić information content (AvgIpc) is 3.74. The summed E-state index contributed by atoms with van der Waals surface area (Å²) in [6, 6.07) is 10.1. The van der Waals surface area contributed by atoms with Crippen molar-refractivity contribution in [3.63, 3.8) is 0 Å². The van der Waals surface area contributed by atoms with Crippen LogP contribution >= 0.6 is 22.9 Å². The number of hydrogen-bond donors (Lipinski definition) is 1. The zero-order valence-corrected chi connectivity index (χ0v) is 34.2. The Morgan fingerprint density at radius 2 is 1.80 bits per heavy atom. The molecule has 0 spiro atoms. The van der Waals surface area contributed by atoms with Gasteiger partial charge in [0.05, 0.1) is 22.7 Å². The molecule has 0 saturated heterocycles. The number of nitrogens with one attached hydrogen (secondary N) is 1. The van der Waals surface area contributed by atoms with Crippen LogP contribution in [0.5, 0.6) is 0 Å². The Morgan fingerprint density at radius 3 is 2.44 bits per heavy atom. The predicted octanol–water partition coefficient (Wildman–Crippen LogP) is 10.8. The van der Waals surface area contributed by atoms with Crippen LogP contribution in [0.3, 0.4) is 0 Å². The molecular weight excluding hydrogens is 729 g/mol. The van der Waals surface area contributed by atoms with Gasteiger partial charge in [-0.15, -0.1) is 17.9 Å². The molecule has 2 aromatic carbocycles. The molecule has 2 heterocycles. The number of anilines is 1. The van der Waals surface area contributed by atoms with Crippen molar-refractivity contribution in [1.29, 1.82) is 5.41 Å². The number of aromatic nitrogens is 2. The highest BCUT2D eigenvalue weighted by atomic mass is 35.5. The summed E-state index contributed by atoms with van der Waals surface area (Å²) in [6.07, 6.45) is 10.1. The zero-order valence-electron chi connectivity index (χ0n) is 32.6. The Balaban J connectivity index is 1.45. The fourth-order valence-corrected chi connectivity index (χ4v) is 7.86. The lowest BCUT2D eigenvalue weighted by Crippen LogP contribution is -2.33. The molecular formula is C45H51ClFN5O2S. The smallest absolute Gasteiger partial charge is 0.150 e. The summed E-state index contributed by atoms with van der Waals surface area (Å²) in [5.74, 6) is 6.74. The van der Waals surface area contributed by atoms with Crippen molar-refractivity contribution in [1.82, 2.24) is 14.7 Å². The summed E-state index contributed by atoms with van der Waals surface area (Å²) >= 11 is 7.69. The number of benzene rings is 2. The van der Waals surface area contributed by atoms with Gasteiger partial charge in [-0.05, 0) is 112 Å². The minimum Gasteiger partial charge on any atom is -0.302 e. The van der Waals surface area contributed by atoms with E-state index >= 15 is 4.39 Å². The van der Waals surface area contributed by atoms with Crippen molar-refractivity contribution in [3.8, 4) is 11.8 Å². The Labute approximate surface area is 334 Å². The maximum atomic E-state index is 15.2. The molecule has 0 amide bonds. The van der Waals surface area contributed by atoms with E-state index in [4.69, 9.17) is 17.0 Å². The zero-order chi connectivity index (χ0) is 40.2. The Hall–Kier alpha value is -4.88. The van der Waals surface area contributed by atoms with Crippen LogP contribution in [0, 0.1) is 30.0 Å². The number of allylic oxidation sites excluding steroid dienone is 2. The number of hydrogen-bond acceptors (Lipinski definition) is 6. The minimum atomic E-state index is -0.353. The first-order chi connectivity index (χ1) is 26.3. The highest BCUT2D eigenvalue weighted by molar-refractivity contribution is 7.17. The van der Waals surface area contributed by atoms with Crippen LogP contribution < -0.4 is 4.90 Å². The molecule has 55 heavy (non-hydrogen) atoms. The summed E-state index contributed by atoms with van der Waals surface area (Å²) in [4.78, 5) is 28.4. The molecule has 4 rings (SSSR count). The molecule has 0 aliphatic rings. The molecule has 1 N–H and O–H groups in total. The first-order valence-corrected chi connectivity index (χ1v) is 19.7. The second-order valence-corrected chi connectivity index (χ2v) is 15.4.